The van der Waals surface area contributed by atoms with E-state index in [1.54, 1.807) is 24.3 Å². The van der Waals surface area contributed by atoms with Gasteiger partial charge in [0.1, 0.15) is 5.75 Å². The maximum Gasteiger partial charge on any atom is 0.261 e. The van der Waals surface area contributed by atoms with Crippen molar-refractivity contribution in [3.8, 4) is 5.75 Å². The lowest BCUT2D eigenvalue weighted by molar-refractivity contribution is 0.0973. The first-order valence-corrected chi connectivity index (χ1v) is 10.1. The molecule has 0 bridgehead atoms. The van der Waals surface area contributed by atoms with Crippen LogP contribution < -0.4 is 15.4 Å². The van der Waals surface area contributed by atoms with Crippen molar-refractivity contribution in [1.29, 1.82) is 0 Å². The average molecular weight is 470 g/mol. The molecule has 0 unspecified atom stereocenters. The van der Waals surface area contributed by atoms with Crippen LogP contribution in [0.2, 0.25) is 5.02 Å². The van der Waals surface area contributed by atoms with E-state index in [1.165, 1.54) is 0 Å². The van der Waals surface area contributed by atoms with E-state index in [1.807, 2.05) is 19.1 Å². The van der Waals surface area contributed by atoms with Gasteiger partial charge in [0.15, 0.2) is 5.11 Å². The number of amides is 1. The summed E-state index contributed by atoms with van der Waals surface area (Å²) in [6, 6.07) is 10.8. The predicted octanol–water partition coefficient (Wildman–Crippen LogP) is 5.96. The number of anilines is 1. The van der Waals surface area contributed by atoms with Crippen LogP contribution in [0.3, 0.4) is 0 Å². The van der Waals surface area contributed by atoms with E-state index in [-0.39, 0.29) is 11.0 Å². The maximum atomic E-state index is 12.7. The van der Waals surface area contributed by atoms with Gasteiger partial charge in [-0.1, -0.05) is 47.4 Å². The lowest BCUT2D eigenvalue weighted by Crippen LogP contribution is -2.34. The van der Waals surface area contributed by atoms with Gasteiger partial charge in [-0.05, 0) is 67.4 Å². The third-order valence-electron chi connectivity index (χ3n) is 3.81. The molecule has 27 heavy (non-hydrogen) atoms. The number of benzene rings is 2. The summed E-state index contributed by atoms with van der Waals surface area (Å²) in [4.78, 5) is 12.7. The summed E-state index contributed by atoms with van der Waals surface area (Å²) < 4.78 is 6.58. The molecule has 2 aromatic carbocycles. The first kappa shape index (κ1) is 21.7. The van der Waals surface area contributed by atoms with Crippen LogP contribution >= 0.6 is 39.7 Å². The van der Waals surface area contributed by atoms with Crippen LogP contribution in [-0.2, 0) is 0 Å². The van der Waals surface area contributed by atoms with Crippen LogP contribution in [0.25, 0.3) is 0 Å². The molecular formula is C20H22BrClN2O2S. The molecule has 0 aromatic heterocycles. The lowest BCUT2D eigenvalue weighted by atomic mass is 10.1. The fraction of sp³-hybridized carbons (Fsp3) is 0.300. The lowest BCUT2D eigenvalue weighted by Gasteiger charge is -2.15. The van der Waals surface area contributed by atoms with Crippen LogP contribution in [0.15, 0.2) is 40.9 Å². The molecule has 2 rings (SSSR count). The van der Waals surface area contributed by atoms with Gasteiger partial charge < -0.3 is 10.1 Å². The zero-order valence-electron chi connectivity index (χ0n) is 15.4. The topological polar surface area (TPSA) is 50.4 Å². The van der Waals surface area contributed by atoms with E-state index in [2.05, 4.69) is 40.4 Å². The number of aryl methyl sites for hydroxylation is 1. The quantitative estimate of drug-likeness (QED) is 0.512. The molecule has 0 spiro atoms. The molecule has 0 saturated heterocycles. The maximum absolute atomic E-state index is 12.7. The molecule has 2 N–H and O–H groups in total. The van der Waals surface area contributed by atoms with Gasteiger partial charge in [0, 0.05) is 15.2 Å². The molecule has 0 atom stereocenters. The van der Waals surface area contributed by atoms with Gasteiger partial charge in [0.25, 0.3) is 5.91 Å². The number of nitrogens with one attached hydrogen (secondary N) is 2. The second-order valence-corrected chi connectivity index (χ2v) is 8.30. The normalized spacial score (nSPS) is 10.6. The zero-order chi connectivity index (χ0) is 20.0. The predicted molar refractivity (Wildman–Crippen MR) is 119 cm³/mol. The fourth-order valence-electron chi connectivity index (χ4n) is 2.26. The molecular weight excluding hydrogens is 448 g/mol. The van der Waals surface area contributed by atoms with Gasteiger partial charge in [0.05, 0.1) is 12.2 Å². The van der Waals surface area contributed by atoms with Crippen molar-refractivity contribution < 1.29 is 9.53 Å². The fourth-order valence-corrected chi connectivity index (χ4v) is 3.00. The summed E-state index contributed by atoms with van der Waals surface area (Å²) in [6.07, 6.45) is 0.908. The number of carbonyl (C=O) groups is 1. The Hall–Kier alpha value is -1.63. The van der Waals surface area contributed by atoms with E-state index >= 15 is 0 Å². The molecule has 0 heterocycles. The molecule has 0 fully saturated rings. The first-order valence-electron chi connectivity index (χ1n) is 8.57. The zero-order valence-corrected chi connectivity index (χ0v) is 18.6. The molecule has 4 nitrogen and oxygen atoms in total. The van der Waals surface area contributed by atoms with Crippen LogP contribution in [0.4, 0.5) is 5.69 Å². The Kier molecular flexibility index (Phi) is 8.07. The van der Waals surface area contributed by atoms with Crippen molar-refractivity contribution in [2.24, 2.45) is 5.92 Å². The monoisotopic (exact) mass is 468 g/mol. The smallest absolute Gasteiger partial charge is 0.261 e. The minimum Gasteiger partial charge on any atom is -0.493 e. The summed E-state index contributed by atoms with van der Waals surface area (Å²) >= 11 is 14.7. The van der Waals surface area contributed by atoms with Crippen LogP contribution in [0.5, 0.6) is 5.75 Å². The minimum absolute atomic E-state index is 0.193. The van der Waals surface area contributed by atoms with Crippen LogP contribution in [0, 0.1) is 12.8 Å². The number of rotatable bonds is 6. The van der Waals surface area contributed by atoms with Gasteiger partial charge in [-0.15, -0.1) is 0 Å². The Labute approximate surface area is 178 Å². The number of ether oxygens (including phenoxy) is 1. The highest BCUT2D eigenvalue weighted by atomic mass is 79.9. The van der Waals surface area contributed by atoms with Gasteiger partial charge in [-0.3, -0.25) is 10.1 Å². The highest BCUT2D eigenvalue weighted by Crippen LogP contribution is 2.24. The second kappa shape index (κ2) is 10.1. The Morgan fingerprint density at radius 2 is 2.00 bits per heavy atom. The second-order valence-electron chi connectivity index (χ2n) is 6.54. The van der Waals surface area contributed by atoms with E-state index in [0.29, 0.717) is 28.9 Å². The molecule has 2 aromatic rings. The van der Waals surface area contributed by atoms with E-state index < -0.39 is 0 Å². The molecule has 0 aliphatic rings. The average Bonchev–Trinajstić information content (AvgIpc) is 2.59. The molecule has 0 aliphatic carbocycles. The highest BCUT2D eigenvalue weighted by molar-refractivity contribution is 9.10. The van der Waals surface area contributed by atoms with Crippen molar-refractivity contribution in [3.63, 3.8) is 0 Å². The van der Waals surface area contributed by atoms with E-state index in [9.17, 15) is 4.79 Å². The summed E-state index contributed by atoms with van der Waals surface area (Å²) in [5.41, 5.74) is 2.13. The third-order valence-corrected chi connectivity index (χ3v) is 4.75. The molecule has 144 valence electrons. The van der Waals surface area contributed by atoms with Crippen molar-refractivity contribution >= 4 is 56.5 Å². The molecule has 1 amide bonds. The largest absolute Gasteiger partial charge is 0.493 e. The van der Waals surface area contributed by atoms with Crippen molar-refractivity contribution in [2.75, 3.05) is 11.9 Å². The summed E-state index contributed by atoms with van der Waals surface area (Å²) in [5.74, 6) is 0.710. The van der Waals surface area contributed by atoms with Crippen molar-refractivity contribution in [3.05, 3.63) is 57.0 Å². The van der Waals surface area contributed by atoms with Crippen molar-refractivity contribution in [2.45, 2.75) is 27.2 Å². The van der Waals surface area contributed by atoms with Crippen molar-refractivity contribution in [1.82, 2.24) is 5.32 Å². The van der Waals surface area contributed by atoms with E-state index in [0.717, 1.165) is 22.1 Å². The Balaban J connectivity index is 2.09. The van der Waals surface area contributed by atoms with Gasteiger partial charge in [-0.25, -0.2) is 0 Å². The van der Waals surface area contributed by atoms with E-state index in [4.69, 9.17) is 28.6 Å². The number of halogens is 2. The summed E-state index contributed by atoms with van der Waals surface area (Å²) in [7, 11) is 0. The SMILES string of the molecule is Cc1ccc(Cl)cc1NC(=S)NC(=O)c1cc(Br)ccc1OCCC(C)C. The van der Waals surface area contributed by atoms with Crippen LogP contribution in [0.1, 0.15) is 36.2 Å². The molecule has 0 radical (unpaired) electrons. The number of carbonyl (C=O) groups excluding carboxylic acids is 1. The molecule has 0 aliphatic heterocycles. The number of hydrogen-bond donors (Lipinski definition) is 2. The highest BCUT2D eigenvalue weighted by Gasteiger charge is 2.15. The molecule has 7 heteroatoms. The van der Waals surface area contributed by atoms with Gasteiger partial charge >= 0.3 is 0 Å². The molecule has 0 saturated carbocycles. The summed E-state index contributed by atoms with van der Waals surface area (Å²) in [6.45, 7) is 6.73. The minimum atomic E-state index is -0.340. The third kappa shape index (κ3) is 6.79. The Morgan fingerprint density at radius 3 is 2.70 bits per heavy atom. The van der Waals surface area contributed by atoms with Crippen LogP contribution in [-0.4, -0.2) is 17.6 Å². The Bertz CT molecular complexity index is 843. The summed E-state index contributed by atoms with van der Waals surface area (Å²) in [5, 5.41) is 6.48. The Morgan fingerprint density at radius 1 is 1.26 bits per heavy atom. The number of hydrogen-bond acceptors (Lipinski definition) is 3. The number of thiocarbonyl (C=S) groups is 1. The first-order chi connectivity index (χ1) is 12.8. The van der Waals surface area contributed by atoms with Gasteiger partial charge in [0.2, 0.25) is 0 Å². The van der Waals surface area contributed by atoms with Gasteiger partial charge in [-0.2, -0.15) is 0 Å². The standard InChI is InChI=1S/C20H22BrClN2O2S/c1-12(2)8-9-26-18-7-5-14(21)10-16(18)19(25)24-20(27)23-17-11-15(22)6-4-13(17)3/h4-7,10-12H,8-9H2,1-3H3,(H2,23,24,25,27).